The van der Waals surface area contributed by atoms with Crippen LogP contribution < -0.4 is 15.7 Å². The maximum Gasteiger partial charge on any atom is 0.297 e. The Bertz CT molecular complexity index is 3340. The van der Waals surface area contributed by atoms with Gasteiger partial charge in [-0.1, -0.05) is 215 Å². The number of aliphatic hydroxyl groups is 1. The number of hydrogen-bond acceptors (Lipinski definition) is 6. The highest BCUT2D eigenvalue weighted by molar-refractivity contribution is 6.99. The number of amides is 1. The molecule has 1 amide bonds. The van der Waals surface area contributed by atoms with Crippen molar-refractivity contribution in [3.63, 3.8) is 0 Å². The van der Waals surface area contributed by atoms with E-state index >= 15 is 0 Å². The number of hydrogen-bond donors (Lipinski definition) is 2. The Balaban J connectivity index is 1.54. The summed E-state index contributed by atoms with van der Waals surface area (Å²) >= 11 is 0. The van der Waals surface area contributed by atoms with Crippen molar-refractivity contribution in [1.29, 1.82) is 0 Å². The zero-order valence-electron chi connectivity index (χ0n) is 50.3. The first-order chi connectivity index (χ1) is 40.9. The Kier molecular flexibility index (Phi) is 33.0. The molecule has 1 heterocycles. The summed E-state index contributed by atoms with van der Waals surface area (Å²) in [6.07, 6.45) is 14.0. The van der Waals surface area contributed by atoms with E-state index in [1.54, 1.807) is 13.0 Å². The van der Waals surface area contributed by atoms with Crippen LogP contribution in [-0.4, -0.2) is 63.2 Å². The number of rotatable bonds is 26. The van der Waals surface area contributed by atoms with Crippen LogP contribution in [0.3, 0.4) is 0 Å². The Labute approximate surface area is 505 Å². The van der Waals surface area contributed by atoms with Gasteiger partial charge in [-0.15, -0.1) is 0 Å². The topological polar surface area (TPSA) is 86.3 Å². The van der Waals surface area contributed by atoms with Gasteiger partial charge in [-0.25, -0.2) is 0 Å². The Morgan fingerprint density at radius 1 is 0.607 bits per heavy atom. The molecule has 1 aliphatic heterocycles. The number of nitrogens with one attached hydrogen (secondary N) is 1. The van der Waals surface area contributed by atoms with E-state index in [2.05, 4.69) is 244 Å². The van der Waals surface area contributed by atoms with Crippen LogP contribution in [0.5, 0.6) is 0 Å². The SMILES string of the molecule is CC#CC#CC#CC#CC#CC#CC#CC#CC#CC#CC#CC#CC(=O)N[C@@H](CO[C@H]1OC(CO[Si](c2ccccc2)(c2ccccc2)C(C)(C)C)[C@H](C)[C@H](C)C1C)[C@H](OCc1ccccc1)[C@H](O)C=CCCCCCCCCCCCC. The van der Waals surface area contributed by atoms with Gasteiger partial charge < -0.3 is 29.1 Å². The highest BCUT2D eigenvalue weighted by Gasteiger charge is 2.51. The Morgan fingerprint density at radius 3 is 1.51 bits per heavy atom. The summed E-state index contributed by atoms with van der Waals surface area (Å²) < 4.78 is 27.8. The molecule has 0 spiro atoms. The smallest absolute Gasteiger partial charge is 0.297 e. The van der Waals surface area contributed by atoms with E-state index in [4.69, 9.17) is 18.6 Å². The predicted molar refractivity (Wildman–Crippen MR) is 343 cm³/mol. The van der Waals surface area contributed by atoms with Crippen LogP contribution in [0.25, 0.3) is 0 Å². The van der Waals surface area contributed by atoms with Crippen LogP contribution in [0, 0.1) is 160 Å². The van der Waals surface area contributed by atoms with E-state index in [9.17, 15) is 9.90 Å². The minimum atomic E-state index is -2.89. The molecule has 8 atom stereocenters. The highest BCUT2D eigenvalue weighted by Crippen LogP contribution is 2.40. The first-order valence-electron chi connectivity index (χ1n) is 29.2. The molecule has 1 saturated heterocycles. The van der Waals surface area contributed by atoms with Crippen molar-refractivity contribution in [2.75, 3.05) is 13.2 Å². The number of allylic oxidation sites excluding steroid dienone is 1. The van der Waals surface area contributed by atoms with Crippen LogP contribution in [0.15, 0.2) is 103 Å². The van der Waals surface area contributed by atoms with Gasteiger partial charge in [-0.3, -0.25) is 4.79 Å². The normalized spacial score (nSPS) is 16.5. The summed E-state index contributed by atoms with van der Waals surface area (Å²) in [5.41, 5.74) is 0.909. The molecule has 84 heavy (non-hydrogen) atoms. The van der Waals surface area contributed by atoms with Crippen molar-refractivity contribution in [2.24, 2.45) is 17.8 Å². The van der Waals surface area contributed by atoms with Gasteiger partial charge in [0, 0.05) is 47.4 Å². The molecule has 3 aromatic rings. The maximum absolute atomic E-state index is 13.8. The number of aliphatic hydroxyl groups excluding tert-OH is 1. The van der Waals surface area contributed by atoms with Gasteiger partial charge in [-0.05, 0) is 147 Å². The molecule has 4 rings (SSSR count). The molecular weight excluding hydrogens is 1050 g/mol. The van der Waals surface area contributed by atoms with E-state index < -0.39 is 38.8 Å². The third-order valence-corrected chi connectivity index (χ3v) is 19.3. The molecule has 0 saturated carbocycles. The van der Waals surface area contributed by atoms with Gasteiger partial charge >= 0.3 is 0 Å². The molecule has 1 aliphatic rings. The molecule has 428 valence electrons. The Hall–Kier alpha value is -8.39. The van der Waals surface area contributed by atoms with Crippen LogP contribution in [-0.2, 0) is 30.0 Å². The van der Waals surface area contributed by atoms with Crippen LogP contribution in [0.1, 0.15) is 132 Å². The van der Waals surface area contributed by atoms with Gasteiger partial charge in [0.05, 0.1) is 32.0 Å². The number of carbonyl (C=O) groups is 1. The maximum atomic E-state index is 13.8. The molecular formula is C76H79NO6Si. The van der Waals surface area contributed by atoms with Gasteiger partial charge in [0.15, 0.2) is 6.29 Å². The molecule has 2 unspecified atom stereocenters. The lowest BCUT2D eigenvalue weighted by atomic mass is 9.79. The average Bonchev–Trinajstić information content (AvgIpc) is 1.22. The molecule has 8 heteroatoms. The molecule has 7 nitrogen and oxygen atoms in total. The lowest BCUT2D eigenvalue weighted by Gasteiger charge is -2.47. The van der Waals surface area contributed by atoms with Crippen LogP contribution in [0.2, 0.25) is 5.04 Å². The number of benzene rings is 3. The van der Waals surface area contributed by atoms with Gasteiger partial charge in [0.2, 0.25) is 0 Å². The fourth-order valence-corrected chi connectivity index (χ4v) is 14.1. The van der Waals surface area contributed by atoms with Gasteiger partial charge in [-0.2, -0.15) is 0 Å². The highest BCUT2D eigenvalue weighted by atomic mass is 28.4. The first-order valence-corrected chi connectivity index (χ1v) is 31.1. The van der Waals surface area contributed by atoms with E-state index in [1.165, 1.54) is 61.7 Å². The summed E-state index contributed by atoms with van der Waals surface area (Å²) in [6, 6.07) is 30.1. The second-order valence-corrected chi connectivity index (χ2v) is 25.6. The van der Waals surface area contributed by atoms with Crippen molar-refractivity contribution >= 4 is 24.6 Å². The fourth-order valence-electron chi connectivity index (χ4n) is 9.55. The van der Waals surface area contributed by atoms with E-state index in [0.29, 0.717) is 6.61 Å². The van der Waals surface area contributed by atoms with E-state index in [-0.39, 0.29) is 42.1 Å². The summed E-state index contributed by atoms with van der Waals surface area (Å²) in [5.74, 6) is 61.2. The predicted octanol–water partition coefficient (Wildman–Crippen LogP) is 10.6. The zero-order valence-corrected chi connectivity index (χ0v) is 51.3. The first kappa shape index (κ1) is 68.1. The minimum Gasteiger partial charge on any atom is -0.405 e. The molecule has 0 radical (unpaired) electrons. The quantitative estimate of drug-likeness (QED) is 0.0361. The second kappa shape index (κ2) is 40.7. The zero-order chi connectivity index (χ0) is 60.4. The van der Waals surface area contributed by atoms with E-state index in [0.717, 1.165) is 24.8 Å². The van der Waals surface area contributed by atoms with Gasteiger partial charge in [0.1, 0.15) is 12.2 Å². The molecule has 0 bridgehead atoms. The largest absolute Gasteiger partial charge is 0.405 e. The third-order valence-electron chi connectivity index (χ3n) is 14.3. The standard InChI is InChI=1S/C76H79NO6Si/c1-9-11-13-15-17-19-21-23-24-25-26-27-28-29-30-31-32-33-35-37-39-41-52-60-73(79)77-70(74(80-61-67-53-45-42-46-54-67)71(78)59-51-40-38-36-34-22-20-18-16-14-12-10-2)62-81-75-66(5)64(3)65(4)72(83-75)63-82-84(76(6,7)8,68-55-47-43-48-56-68)69-57-49-44-50-58-69/h42-51,53-59,64-66,70-72,74-75,78H,10,12,14,16,18,20,22,34,36,38,40,61-63H2,1-8H3,(H,77,79)/t64-,65+,66?,70-,71+,72?,74-,75-/m0/s1. The minimum absolute atomic E-state index is 0.0283. The lowest BCUT2D eigenvalue weighted by molar-refractivity contribution is -0.257. The van der Waals surface area contributed by atoms with Crippen LogP contribution in [0.4, 0.5) is 0 Å². The monoisotopic (exact) mass is 1130 g/mol. The fraction of sp³-hybridized carbons (Fsp3) is 0.408. The average molecular weight is 1130 g/mol. The van der Waals surface area contributed by atoms with Crippen molar-refractivity contribution in [3.05, 3.63) is 109 Å². The summed E-state index contributed by atoms with van der Waals surface area (Å²) in [7, 11) is -2.89. The van der Waals surface area contributed by atoms with Crippen molar-refractivity contribution in [3.8, 4) is 142 Å². The summed E-state index contributed by atoms with van der Waals surface area (Å²) in [5, 5.41) is 17.2. The molecule has 0 aliphatic carbocycles. The second-order valence-electron chi connectivity index (χ2n) is 21.3. The number of unbranched alkanes of at least 4 members (excludes halogenated alkanes) is 10. The van der Waals surface area contributed by atoms with Crippen molar-refractivity contribution in [1.82, 2.24) is 5.32 Å². The van der Waals surface area contributed by atoms with Crippen molar-refractivity contribution in [2.45, 2.75) is 168 Å². The third kappa shape index (κ3) is 25.4. The van der Waals surface area contributed by atoms with Crippen LogP contribution >= 0.6 is 0 Å². The van der Waals surface area contributed by atoms with Gasteiger partial charge in [0.25, 0.3) is 14.2 Å². The molecule has 3 aromatic carbocycles. The molecule has 0 aromatic heterocycles. The van der Waals surface area contributed by atoms with Crippen molar-refractivity contribution < 1.29 is 28.5 Å². The Morgan fingerprint density at radius 2 is 1.05 bits per heavy atom. The summed E-state index contributed by atoms with van der Waals surface area (Å²) in [4.78, 5) is 13.8. The lowest BCUT2D eigenvalue weighted by Crippen LogP contribution is -2.67. The molecule has 2 N–H and O–H groups in total. The van der Waals surface area contributed by atoms with E-state index in [1.807, 2.05) is 48.5 Å². The summed E-state index contributed by atoms with van der Waals surface area (Å²) in [6.45, 7) is 17.8. The number of ether oxygens (including phenoxy) is 3. The molecule has 1 fully saturated rings. The number of carbonyl (C=O) groups excluding carboxylic acids is 1.